The summed E-state index contributed by atoms with van der Waals surface area (Å²) in [4.78, 5) is 0. The maximum atomic E-state index is 5.92. The van der Waals surface area contributed by atoms with Crippen molar-refractivity contribution in [1.82, 2.24) is 0 Å². The summed E-state index contributed by atoms with van der Waals surface area (Å²) in [7, 11) is 0. The summed E-state index contributed by atoms with van der Waals surface area (Å²) in [6.45, 7) is 2.45. The molecule has 0 aliphatic heterocycles. The van der Waals surface area contributed by atoms with E-state index in [4.69, 9.17) is 39.5 Å². The molecule has 1 aromatic rings. The van der Waals surface area contributed by atoms with Crippen molar-refractivity contribution in [3.8, 4) is 5.75 Å². The maximum absolute atomic E-state index is 5.92. The van der Waals surface area contributed by atoms with Crippen LogP contribution in [0.2, 0.25) is 10.0 Å². The van der Waals surface area contributed by atoms with Crippen molar-refractivity contribution in [1.29, 1.82) is 0 Å². The van der Waals surface area contributed by atoms with Crippen molar-refractivity contribution in [2.75, 3.05) is 6.61 Å². The number of halogens is 3. The van der Waals surface area contributed by atoms with Crippen molar-refractivity contribution in [2.24, 2.45) is 0 Å². The molecule has 0 aliphatic rings. The van der Waals surface area contributed by atoms with E-state index in [1.54, 1.807) is 12.1 Å². The van der Waals surface area contributed by atoms with E-state index >= 15 is 0 Å². The average Bonchev–Trinajstić information content (AvgIpc) is 2.09. The Bertz CT molecular complexity index is 299. The molecule has 0 aliphatic carbocycles. The van der Waals surface area contributed by atoms with Gasteiger partial charge in [-0.3, -0.25) is 0 Å². The van der Waals surface area contributed by atoms with Gasteiger partial charge in [0.25, 0.3) is 0 Å². The van der Waals surface area contributed by atoms with Crippen LogP contribution in [0, 0.1) is 0 Å². The maximum Gasteiger partial charge on any atom is 0.142 e. The summed E-state index contributed by atoms with van der Waals surface area (Å²) in [5.74, 6) is 0.971. The smallest absolute Gasteiger partial charge is 0.142 e. The lowest BCUT2D eigenvalue weighted by molar-refractivity contribution is 0.338. The van der Waals surface area contributed by atoms with E-state index in [0.29, 0.717) is 28.3 Å². The van der Waals surface area contributed by atoms with Gasteiger partial charge < -0.3 is 4.74 Å². The zero-order chi connectivity index (χ0) is 9.84. The Balaban J connectivity index is 3.13. The van der Waals surface area contributed by atoms with Gasteiger partial charge in [0.1, 0.15) is 5.75 Å². The number of rotatable bonds is 3. The van der Waals surface area contributed by atoms with Gasteiger partial charge in [-0.1, -0.05) is 23.2 Å². The Morgan fingerprint density at radius 1 is 1.31 bits per heavy atom. The van der Waals surface area contributed by atoms with Gasteiger partial charge in [-0.2, -0.15) is 0 Å². The molecule has 0 atom stereocenters. The van der Waals surface area contributed by atoms with E-state index in [0.717, 1.165) is 5.56 Å². The van der Waals surface area contributed by atoms with Crippen molar-refractivity contribution in [3.05, 3.63) is 27.7 Å². The molecule has 0 saturated heterocycles. The minimum atomic E-state index is 0.343. The normalized spacial score (nSPS) is 10.2. The highest BCUT2D eigenvalue weighted by Crippen LogP contribution is 2.33. The topological polar surface area (TPSA) is 9.23 Å². The van der Waals surface area contributed by atoms with Crippen LogP contribution in [0.25, 0.3) is 0 Å². The molecule has 0 saturated carbocycles. The molecule has 0 spiro atoms. The van der Waals surface area contributed by atoms with Crippen molar-refractivity contribution >= 4 is 34.8 Å². The molecule has 0 heterocycles. The second-order valence-corrected chi connectivity index (χ2v) is 3.55. The van der Waals surface area contributed by atoms with Gasteiger partial charge in [0.15, 0.2) is 0 Å². The summed E-state index contributed by atoms with van der Waals surface area (Å²) in [5.41, 5.74) is 0.820. The second kappa shape index (κ2) is 4.94. The second-order valence-electron chi connectivity index (χ2n) is 2.44. The van der Waals surface area contributed by atoms with E-state index in [1.807, 2.05) is 6.92 Å². The van der Waals surface area contributed by atoms with Crippen molar-refractivity contribution < 1.29 is 4.74 Å². The minimum absolute atomic E-state index is 0.343. The Labute approximate surface area is 92.5 Å². The number of hydrogen-bond acceptors (Lipinski definition) is 1. The lowest BCUT2D eigenvalue weighted by Crippen LogP contribution is -1.96. The molecule has 0 bridgehead atoms. The van der Waals surface area contributed by atoms with Gasteiger partial charge in [0.05, 0.1) is 17.5 Å². The molecule has 0 N–H and O–H groups in total. The quantitative estimate of drug-likeness (QED) is 0.721. The Morgan fingerprint density at radius 3 is 2.54 bits per heavy atom. The Hall–Kier alpha value is -0.110. The highest BCUT2D eigenvalue weighted by atomic mass is 35.5. The van der Waals surface area contributed by atoms with Crippen LogP contribution >= 0.6 is 34.8 Å². The van der Waals surface area contributed by atoms with E-state index in [-0.39, 0.29) is 0 Å². The molecule has 0 fully saturated rings. The van der Waals surface area contributed by atoms with Crippen LogP contribution < -0.4 is 4.74 Å². The molecule has 1 rings (SSSR count). The van der Waals surface area contributed by atoms with Gasteiger partial charge in [-0.05, 0) is 19.1 Å². The van der Waals surface area contributed by atoms with Crippen LogP contribution in [0.4, 0.5) is 0 Å². The van der Waals surface area contributed by atoms with Crippen LogP contribution in [0.5, 0.6) is 5.75 Å². The summed E-state index contributed by atoms with van der Waals surface area (Å²) in [6.07, 6.45) is 0. The van der Waals surface area contributed by atoms with Crippen molar-refractivity contribution in [2.45, 2.75) is 12.8 Å². The summed E-state index contributed by atoms with van der Waals surface area (Å²) in [6, 6.07) is 3.40. The van der Waals surface area contributed by atoms with Crippen LogP contribution in [0.3, 0.4) is 0 Å². The summed E-state index contributed by atoms with van der Waals surface area (Å²) in [5, 5.41) is 1.08. The minimum Gasteiger partial charge on any atom is -0.492 e. The van der Waals surface area contributed by atoms with Crippen molar-refractivity contribution in [3.63, 3.8) is 0 Å². The van der Waals surface area contributed by atoms with Gasteiger partial charge in [0.2, 0.25) is 0 Å². The molecule has 0 aromatic heterocycles. The SMILES string of the molecule is CCOc1c(Cl)cc(Cl)cc1CCl. The zero-order valence-corrected chi connectivity index (χ0v) is 9.38. The first-order valence-electron chi connectivity index (χ1n) is 3.85. The molecule has 0 amide bonds. The Morgan fingerprint density at radius 2 is 2.00 bits per heavy atom. The van der Waals surface area contributed by atoms with Crippen LogP contribution in [-0.2, 0) is 5.88 Å². The van der Waals surface area contributed by atoms with Crippen LogP contribution in [0.15, 0.2) is 12.1 Å². The highest BCUT2D eigenvalue weighted by Gasteiger charge is 2.08. The first-order chi connectivity index (χ1) is 6.19. The van der Waals surface area contributed by atoms with E-state index in [2.05, 4.69) is 0 Å². The molecular formula is C9H9Cl3O. The molecule has 1 nitrogen and oxygen atoms in total. The third-order valence-electron chi connectivity index (χ3n) is 1.52. The largest absolute Gasteiger partial charge is 0.492 e. The molecule has 4 heteroatoms. The third kappa shape index (κ3) is 2.67. The fourth-order valence-corrected chi connectivity index (χ4v) is 1.81. The molecule has 72 valence electrons. The van der Waals surface area contributed by atoms with Crippen LogP contribution in [0.1, 0.15) is 12.5 Å². The number of alkyl halides is 1. The molecular weight excluding hydrogens is 230 g/mol. The van der Waals surface area contributed by atoms with Gasteiger partial charge in [0, 0.05) is 10.6 Å². The predicted molar refractivity (Wildman–Crippen MR) is 57.2 cm³/mol. The molecule has 1 aromatic carbocycles. The average molecular weight is 240 g/mol. The number of ether oxygens (including phenoxy) is 1. The monoisotopic (exact) mass is 238 g/mol. The summed E-state index contributed by atoms with van der Waals surface area (Å²) >= 11 is 17.4. The van der Waals surface area contributed by atoms with Gasteiger partial charge >= 0.3 is 0 Å². The van der Waals surface area contributed by atoms with E-state index < -0.39 is 0 Å². The number of benzene rings is 1. The molecule has 0 radical (unpaired) electrons. The van der Waals surface area contributed by atoms with Crippen LogP contribution in [-0.4, -0.2) is 6.61 Å². The molecule has 0 unspecified atom stereocenters. The highest BCUT2D eigenvalue weighted by molar-refractivity contribution is 6.35. The lowest BCUT2D eigenvalue weighted by Gasteiger charge is -2.10. The molecule has 13 heavy (non-hydrogen) atoms. The van der Waals surface area contributed by atoms with Gasteiger partial charge in [-0.15, -0.1) is 11.6 Å². The first-order valence-corrected chi connectivity index (χ1v) is 5.14. The third-order valence-corrected chi connectivity index (χ3v) is 2.30. The van der Waals surface area contributed by atoms with E-state index in [9.17, 15) is 0 Å². The fraction of sp³-hybridized carbons (Fsp3) is 0.333. The lowest BCUT2D eigenvalue weighted by atomic mass is 10.2. The fourth-order valence-electron chi connectivity index (χ4n) is 1.02. The predicted octanol–water partition coefficient (Wildman–Crippen LogP) is 4.13. The zero-order valence-electron chi connectivity index (χ0n) is 7.11. The standard InChI is InChI=1S/C9H9Cl3O/c1-2-13-9-6(5-10)3-7(11)4-8(9)12/h3-4H,2,5H2,1H3. The first kappa shape index (κ1) is 11.0. The van der Waals surface area contributed by atoms with E-state index in [1.165, 1.54) is 0 Å². The summed E-state index contributed by atoms with van der Waals surface area (Å²) < 4.78 is 5.34. The number of hydrogen-bond donors (Lipinski definition) is 0. The Kier molecular flexibility index (Phi) is 4.17. The van der Waals surface area contributed by atoms with Gasteiger partial charge in [-0.25, -0.2) is 0 Å².